The highest BCUT2D eigenvalue weighted by atomic mass is 16.5. The van der Waals surface area contributed by atoms with Gasteiger partial charge in [0.25, 0.3) is 0 Å². The van der Waals surface area contributed by atoms with E-state index in [0.717, 1.165) is 12.8 Å². The van der Waals surface area contributed by atoms with Gasteiger partial charge in [0.2, 0.25) is 0 Å². The highest BCUT2D eigenvalue weighted by Crippen LogP contribution is 2.39. The molecule has 4 nitrogen and oxygen atoms in total. The van der Waals surface area contributed by atoms with Gasteiger partial charge in [0, 0.05) is 39.3 Å². The summed E-state index contributed by atoms with van der Waals surface area (Å²) in [7, 11) is 7.05. The van der Waals surface area contributed by atoms with E-state index in [1.807, 2.05) is 0 Å². The van der Waals surface area contributed by atoms with Crippen LogP contribution in [-0.4, -0.2) is 54.9 Å². The molecule has 3 aromatic rings. The van der Waals surface area contributed by atoms with E-state index < -0.39 is 0 Å². The summed E-state index contributed by atoms with van der Waals surface area (Å²) in [4.78, 5) is 0. The first-order valence-corrected chi connectivity index (χ1v) is 11.3. The zero-order valence-corrected chi connectivity index (χ0v) is 20.5. The van der Waals surface area contributed by atoms with Crippen LogP contribution >= 0.6 is 0 Å². The lowest BCUT2D eigenvalue weighted by atomic mass is 9.77. The van der Waals surface area contributed by atoms with Crippen LogP contribution in [0.25, 0.3) is 21.5 Å². The van der Waals surface area contributed by atoms with Crippen LogP contribution in [0.2, 0.25) is 0 Å². The minimum atomic E-state index is -0.114. The molecule has 0 bridgehead atoms. The predicted octanol–water partition coefficient (Wildman–Crippen LogP) is 5.68. The zero-order chi connectivity index (χ0) is 23.2. The van der Waals surface area contributed by atoms with E-state index >= 15 is 0 Å². The fourth-order valence-corrected chi connectivity index (χ4v) is 5.22. The van der Waals surface area contributed by atoms with Gasteiger partial charge in [0.05, 0.1) is 26.4 Å². The third-order valence-corrected chi connectivity index (χ3v) is 6.33. The highest BCUT2D eigenvalue weighted by molar-refractivity contribution is 6.06. The van der Waals surface area contributed by atoms with Gasteiger partial charge in [-0.2, -0.15) is 0 Å². The van der Waals surface area contributed by atoms with Crippen LogP contribution in [-0.2, 0) is 31.8 Å². The number of ether oxygens (including phenoxy) is 4. The van der Waals surface area contributed by atoms with Gasteiger partial charge in [-0.25, -0.2) is 0 Å². The van der Waals surface area contributed by atoms with Crippen molar-refractivity contribution in [3.05, 3.63) is 59.7 Å². The zero-order valence-electron chi connectivity index (χ0n) is 20.5. The maximum atomic E-state index is 5.59. The maximum absolute atomic E-state index is 5.59. The summed E-state index contributed by atoms with van der Waals surface area (Å²) in [5.74, 6) is 0. The van der Waals surface area contributed by atoms with Gasteiger partial charge in [-0.1, -0.05) is 62.4 Å². The van der Waals surface area contributed by atoms with Crippen LogP contribution in [0.15, 0.2) is 48.5 Å². The van der Waals surface area contributed by atoms with E-state index in [-0.39, 0.29) is 10.8 Å². The molecule has 0 radical (unpaired) electrons. The second kappa shape index (κ2) is 10.8. The van der Waals surface area contributed by atoms with Gasteiger partial charge in [-0.15, -0.1) is 0 Å². The molecule has 32 heavy (non-hydrogen) atoms. The minimum Gasteiger partial charge on any atom is -0.384 e. The molecule has 3 aromatic carbocycles. The molecule has 0 aliphatic rings. The number of fused-ring (bicyclic) bond motifs is 2. The van der Waals surface area contributed by atoms with Crippen molar-refractivity contribution in [1.29, 1.82) is 0 Å². The Bertz CT molecular complexity index is 876. The molecule has 0 unspecified atom stereocenters. The maximum Gasteiger partial charge on any atom is 0.0541 e. The van der Waals surface area contributed by atoms with Crippen LogP contribution in [0.1, 0.15) is 25.0 Å². The van der Waals surface area contributed by atoms with Crippen LogP contribution in [0.4, 0.5) is 0 Å². The van der Waals surface area contributed by atoms with Crippen molar-refractivity contribution in [2.24, 2.45) is 10.8 Å². The van der Waals surface area contributed by atoms with Crippen molar-refractivity contribution in [3.8, 4) is 0 Å². The van der Waals surface area contributed by atoms with Crippen molar-refractivity contribution in [2.45, 2.75) is 26.7 Å². The first kappa shape index (κ1) is 24.7. The van der Waals surface area contributed by atoms with E-state index in [1.165, 1.54) is 32.7 Å². The fraction of sp³-hybridized carbons (Fsp3) is 0.500. The quantitative estimate of drug-likeness (QED) is 0.341. The molecule has 0 fully saturated rings. The summed E-state index contributed by atoms with van der Waals surface area (Å²) < 4.78 is 22.4. The summed E-state index contributed by atoms with van der Waals surface area (Å²) in [6, 6.07) is 17.6. The fourth-order valence-electron chi connectivity index (χ4n) is 5.22. The highest BCUT2D eigenvalue weighted by Gasteiger charge is 2.30. The van der Waals surface area contributed by atoms with Crippen molar-refractivity contribution < 1.29 is 18.9 Å². The van der Waals surface area contributed by atoms with Crippen molar-refractivity contribution in [2.75, 3.05) is 54.9 Å². The molecule has 0 saturated carbocycles. The Labute approximate surface area is 192 Å². The predicted molar refractivity (Wildman–Crippen MR) is 133 cm³/mol. The van der Waals surface area contributed by atoms with Gasteiger partial charge in [0.1, 0.15) is 0 Å². The first-order valence-electron chi connectivity index (χ1n) is 11.3. The van der Waals surface area contributed by atoms with Crippen LogP contribution < -0.4 is 0 Å². The van der Waals surface area contributed by atoms with Gasteiger partial charge >= 0.3 is 0 Å². The molecule has 0 spiro atoms. The lowest BCUT2D eigenvalue weighted by molar-refractivity contribution is 0.0225. The lowest BCUT2D eigenvalue weighted by Gasteiger charge is -2.32. The number of rotatable bonds is 12. The summed E-state index contributed by atoms with van der Waals surface area (Å²) in [5, 5.41) is 5.21. The number of benzene rings is 3. The molecule has 0 saturated heterocycles. The molecule has 0 N–H and O–H groups in total. The average molecular weight is 439 g/mol. The Morgan fingerprint density at radius 1 is 0.500 bits per heavy atom. The molecular formula is C28H38O4. The van der Waals surface area contributed by atoms with Gasteiger partial charge in [-0.05, 0) is 45.5 Å². The monoisotopic (exact) mass is 438 g/mol. The van der Waals surface area contributed by atoms with E-state index in [1.54, 1.807) is 28.4 Å². The number of hydrogen-bond acceptors (Lipinski definition) is 4. The van der Waals surface area contributed by atoms with Crippen molar-refractivity contribution in [3.63, 3.8) is 0 Å². The van der Waals surface area contributed by atoms with Crippen molar-refractivity contribution in [1.82, 2.24) is 0 Å². The standard InChI is InChI=1S/C28H38O4/c1-27(17-29-3,18-30-4)15-25-21-11-7-9-13-23(21)26(24-14-10-8-12-22(24)25)16-28(2,19-31-5)20-32-6/h7-14H,15-20H2,1-6H3. The van der Waals surface area contributed by atoms with E-state index in [4.69, 9.17) is 18.9 Å². The van der Waals surface area contributed by atoms with E-state index in [2.05, 4.69) is 62.4 Å². The molecule has 0 aromatic heterocycles. The molecule has 0 amide bonds. The smallest absolute Gasteiger partial charge is 0.0541 e. The Morgan fingerprint density at radius 2 is 0.750 bits per heavy atom. The third-order valence-electron chi connectivity index (χ3n) is 6.33. The van der Waals surface area contributed by atoms with Crippen LogP contribution in [0.5, 0.6) is 0 Å². The summed E-state index contributed by atoms with van der Waals surface area (Å²) in [6.45, 7) is 7.06. The molecular weight excluding hydrogens is 400 g/mol. The average Bonchev–Trinajstić information content (AvgIpc) is 2.77. The number of hydrogen-bond donors (Lipinski definition) is 0. The third kappa shape index (κ3) is 5.32. The largest absolute Gasteiger partial charge is 0.384 e. The van der Waals surface area contributed by atoms with Crippen molar-refractivity contribution >= 4 is 21.5 Å². The molecule has 3 rings (SSSR count). The lowest BCUT2D eigenvalue weighted by Crippen LogP contribution is -2.31. The van der Waals surface area contributed by atoms with Crippen LogP contribution in [0, 0.1) is 10.8 Å². The Morgan fingerprint density at radius 3 is 0.969 bits per heavy atom. The van der Waals surface area contributed by atoms with E-state index in [0.29, 0.717) is 26.4 Å². The molecule has 0 heterocycles. The SMILES string of the molecule is COCC(C)(COC)Cc1c2ccccc2c(CC(C)(COC)COC)c2ccccc12. The molecule has 4 heteroatoms. The summed E-state index contributed by atoms with van der Waals surface area (Å²) in [5.41, 5.74) is 2.49. The topological polar surface area (TPSA) is 36.9 Å². The molecule has 0 atom stereocenters. The van der Waals surface area contributed by atoms with Gasteiger partial charge < -0.3 is 18.9 Å². The Hall–Kier alpha value is -1.98. The van der Waals surface area contributed by atoms with E-state index in [9.17, 15) is 0 Å². The Balaban J connectivity index is 2.25. The van der Waals surface area contributed by atoms with Crippen LogP contribution in [0.3, 0.4) is 0 Å². The second-order valence-corrected chi connectivity index (χ2v) is 9.76. The summed E-state index contributed by atoms with van der Waals surface area (Å²) in [6.07, 6.45) is 1.76. The van der Waals surface area contributed by atoms with Gasteiger partial charge in [-0.3, -0.25) is 0 Å². The normalized spacial score (nSPS) is 12.7. The molecule has 0 aliphatic carbocycles. The first-order chi connectivity index (χ1) is 15.4. The number of methoxy groups -OCH3 is 4. The Kier molecular flexibility index (Phi) is 8.29. The molecule has 0 aliphatic heterocycles. The van der Waals surface area contributed by atoms with Gasteiger partial charge in [0.15, 0.2) is 0 Å². The molecule has 174 valence electrons. The minimum absolute atomic E-state index is 0.114. The summed E-state index contributed by atoms with van der Waals surface area (Å²) >= 11 is 0. The second-order valence-electron chi connectivity index (χ2n) is 9.76.